The number of nitrogens with zero attached hydrogens (tertiary/aromatic N) is 4. The van der Waals surface area contributed by atoms with E-state index >= 15 is 0 Å². The Labute approximate surface area is 179 Å². The predicted molar refractivity (Wildman–Crippen MR) is 111 cm³/mol. The highest BCUT2D eigenvalue weighted by molar-refractivity contribution is 5.73. The average Bonchev–Trinajstić information content (AvgIpc) is 3.26. The van der Waals surface area contributed by atoms with E-state index < -0.39 is 6.10 Å². The first-order chi connectivity index (χ1) is 15.2. The molecule has 31 heavy (non-hydrogen) atoms. The Kier molecular flexibility index (Phi) is 5.11. The topological polar surface area (TPSA) is 86.6 Å². The molecule has 5 rings (SSSR count). The van der Waals surface area contributed by atoms with E-state index in [1.165, 1.54) is 0 Å². The van der Waals surface area contributed by atoms with Gasteiger partial charge in [-0.1, -0.05) is 65.9 Å². The minimum Gasteiger partial charge on any atom is -0.461 e. The van der Waals surface area contributed by atoms with Crippen LogP contribution in [0, 0.1) is 0 Å². The van der Waals surface area contributed by atoms with Crippen molar-refractivity contribution in [3.05, 3.63) is 71.9 Å². The Balaban J connectivity index is 1.29. The van der Waals surface area contributed by atoms with Crippen LogP contribution in [-0.2, 0) is 33.7 Å². The van der Waals surface area contributed by atoms with Gasteiger partial charge in [-0.15, -0.1) is 5.10 Å². The molecular formula is C23H22N4O4. The number of cyclic esters (lactones) is 1. The first-order valence-electron chi connectivity index (χ1n) is 10.3. The lowest BCUT2D eigenvalue weighted by molar-refractivity contribution is -0.145. The number of fused-ring (bicyclic) bond motifs is 2. The van der Waals surface area contributed by atoms with Gasteiger partial charge >= 0.3 is 12.1 Å². The number of carbonyl (C=O) groups is 2. The maximum absolute atomic E-state index is 12.5. The zero-order valence-corrected chi connectivity index (χ0v) is 16.9. The lowest BCUT2D eigenvalue weighted by Crippen LogP contribution is -2.41. The van der Waals surface area contributed by atoms with Gasteiger partial charge in [-0.3, -0.25) is 9.69 Å². The number of esters is 1. The van der Waals surface area contributed by atoms with Crippen LogP contribution < -0.4 is 0 Å². The number of carbonyl (C=O) groups excluding carboxylic acids is 2. The van der Waals surface area contributed by atoms with Crippen LogP contribution in [0.3, 0.4) is 0 Å². The van der Waals surface area contributed by atoms with Crippen LogP contribution in [0.25, 0.3) is 11.3 Å². The van der Waals surface area contributed by atoms with Crippen LogP contribution in [0.4, 0.5) is 4.79 Å². The van der Waals surface area contributed by atoms with Crippen LogP contribution >= 0.6 is 0 Å². The molecule has 2 aliphatic rings. The Hall–Kier alpha value is -3.68. The Morgan fingerprint density at radius 3 is 2.61 bits per heavy atom. The molecule has 158 valence electrons. The summed E-state index contributed by atoms with van der Waals surface area (Å²) < 4.78 is 12.8. The summed E-state index contributed by atoms with van der Waals surface area (Å²) in [4.78, 5) is 26.4. The van der Waals surface area contributed by atoms with Crippen molar-refractivity contribution in [1.82, 2.24) is 19.9 Å². The quantitative estimate of drug-likeness (QED) is 0.592. The number of rotatable bonds is 5. The van der Waals surface area contributed by atoms with E-state index in [0.717, 1.165) is 22.5 Å². The van der Waals surface area contributed by atoms with Crippen LogP contribution in [0.2, 0.25) is 0 Å². The molecule has 8 nitrogen and oxygen atoms in total. The maximum atomic E-state index is 12.5. The van der Waals surface area contributed by atoms with Crippen molar-refractivity contribution in [2.24, 2.45) is 0 Å². The van der Waals surface area contributed by atoms with Gasteiger partial charge in [-0.2, -0.15) is 0 Å². The van der Waals surface area contributed by atoms with Crippen LogP contribution in [0.1, 0.15) is 11.3 Å². The van der Waals surface area contributed by atoms with Gasteiger partial charge in [0.1, 0.15) is 12.3 Å². The molecule has 0 radical (unpaired) electrons. The summed E-state index contributed by atoms with van der Waals surface area (Å²) in [7, 11) is 0. The molecule has 2 aromatic carbocycles. The summed E-state index contributed by atoms with van der Waals surface area (Å²) in [6, 6.07) is 19.0. The number of benzene rings is 2. The highest BCUT2D eigenvalue weighted by Gasteiger charge is 2.44. The van der Waals surface area contributed by atoms with Gasteiger partial charge in [0.2, 0.25) is 0 Å². The van der Waals surface area contributed by atoms with Crippen molar-refractivity contribution in [2.45, 2.75) is 31.5 Å². The van der Waals surface area contributed by atoms with Crippen molar-refractivity contribution in [3.8, 4) is 11.3 Å². The highest BCUT2D eigenvalue weighted by Crippen LogP contribution is 2.29. The first kappa shape index (κ1) is 19.3. The summed E-state index contributed by atoms with van der Waals surface area (Å²) in [6.07, 6.45) is -0.107. The fraction of sp³-hybridized carbons (Fsp3) is 0.304. The molecule has 3 aromatic rings. The molecule has 0 bridgehead atoms. The zero-order valence-electron chi connectivity index (χ0n) is 16.9. The van der Waals surface area contributed by atoms with Crippen LogP contribution in [0.15, 0.2) is 60.7 Å². The third kappa shape index (κ3) is 3.88. The van der Waals surface area contributed by atoms with E-state index in [4.69, 9.17) is 9.47 Å². The molecule has 0 N–H and O–H groups in total. The monoisotopic (exact) mass is 418 g/mol. The summed E-state index contributed by atoms with van der Waals surface area (Å²) >= 11 is 0. The van der Waals surface area contributed by atoms with Gasteiger partial charge in [-0.25, -0.2) is 9.48 Å². The largest absolute Gasteiger partial charge is 0.461 e. The molecule has 3 heterocycles. The summed E-state index contributed by atoms with van der Waals surface area (Å²) in [5, 5.41) is 8.70. The first-order valence-corrected chi connectivity index (χ1v) is 10.3. The van der Waals surface area contributed by atoms with Gasteiger partial charge in [0.25, 0.3) is 0 Å². The smallest absolute Gasteiger partial charge is 0.410 e. The van der Waals surface area contributed by atoms with Gasteiger partial charge in [0.05, 0.1) is 24.7 Å². The van der Waals surface area contributed by atoms with Gasteiger partial charge in [0, 0.05) is 18.5 Å². The Morgan fingerprint density at radius 1 is 1.10 bits per heavy atom. The molecule has 0 saturated carbocycles. The molecule has 0 unspecified atom stereocenters. The van der Waals surface area contributed by atoms with Crippen molar-refractivity contribution in [3.63, 3.8) is 0 Å². The van der Waals surface area contributed by atoms with Crippen molar-refractivity contribution in [1.29, 1.82) is 0 Å². The zero-order chi connectivity index (χ0) is 21.2. The average molecular weight is 418 g/mol. The number of amides is 1. The lowest BCUT2D eigenvalue weighted by atomic mass is 10.1. The van der Waals surface area contributed by atoms with Crippen molar-refractivity contribution < 1.29 is 19.1 Å². The van der Waals surface area contributed by atoms with E-state index in [0.29, 0.717) is 19.5 Å². The van der Waals surface area contributed by atoms with Gasteiger partial charge in [0.15, 0.2) is 6.10 Å². The molecule has 8 heteroatoms. The number of hydrogen-bond acceptors (Lipinski definition) is 6. The number of hydrogen-bond donors (Lipinski definition) is 0. The van der Waals surface area contributed by atoms with Crippen molar-refractivity contribution in [2.75, 3.05) is 13.2 Å². The van der Waals surface area contributed by atoms with Crippen LogP contribution in [0.5, 0.6) is 0 Å². The number of ether oxygens (including phenoxy) is 2. The molecule has 0 aliphatic carbocycles. The van der Waals surface area contributed by atoms with E-state index in [1.54, 1.807) is 4.90 Å². The molecule has 1 saturated heterocycles. The SMILES string of the molecule is O=C(Cc1ccccc1)OC[C@H]1OC(=O)N2CCc3c(-c4ccccc4)nnn3C[C@H]12. The number of aromatic nitrogens is 3. The second kappa shape index (κ2) is 8.22. The maximum Gasteiger partial charge on any atom is 0.410 e. The summed E-state index contributed by atoms with van der Waals surface area (Å²) in [5.41, 5.74) is 3.71. The second-order valence-corrected chi connectivity index (χ2v) is 7.71. The lowest BCUT2D eigenvalue weighted by Gasteiger charge is -2.21. The molecule has 1 amide bonds. The van der Waals surface area contributed by atoms with E-state index in [2.05, 4.69) is 10.3 Å². The van der Waals surface area contributed by atoms with Gasteiger partial charge in [-0.05, 0) is 5.56 Å². The minimum absolute atomic E-state index is 0.0220. The fourth-order valence-electron chi connectivity index (χ4n) is 4.17. The molecule has 0 spiro atoms. The van der Waals surface area contributed by atoms with E-state index in [-0.39, 0.29) is 31.1 Å². The van der Waals surface area contributed by atoms with Gasteiger partial charge < -0.3 is 9.47 Å². The standard InChI is InChI=1S/C23H22N4O4/c28-21(13-16-7-3-1-4-8-16)30-15-20-19-14-27-18(11-12-26(19)23(29)31-20)22(24-25-27)17-9-5-2-6-10-17/h1-10,19-20H,11-15H2/t19-,20-/m1/s1. The van der Waals surface area contributed by atoms with Crippen molar-refractivity contribution >= 4 is 12.1 Å². The Bertz CT molecular complexity index is 1080. The summed E-state index contributed by atoms with van der Waals surface area (Å²) in [5.74, 6) is -0.345. The fourth-order valence-corrected chi connectivity index (χ4v) is 4.17. The second-order valence-electron chi connectivity index (χ2n) is 7.71. The summed E-state index contributed by atoms with van der Waals surface area (Å²) in [6.45, 7) is 0.973. The minimum atomic E-state index is -0.539. The molecule has 1 fully saturated rings. The van der Waals surface area contributed by atoms with Crippen LogP contribution in [-0.4, -0.2) is 57.3 Å². The normalized spacial score (nSPS) is 19.9. The molecular weight excluding hydrogens is 396 g/mol. The third-order valence-electron chi connectivity index (χ3n) is 5.75. The molecule has 2 aliphatic heterocycles. The van der Waals surface area contributed by atoms with E-state index in [1.807, 2.05) is 65.3 Å². The highest BCUT2D eigenvalue weighted by atomic mass is 16.6. The van der Waals surface area contributed by atoms with E-state index in [9.17, 15) is 9.59 Å². The third-order valence-corrected chi connectivity index (χ3v) is 5.75. The molecule has 1 aromatic heterocycles. The predicted octanol–water partition coefficient (Wildman–Crippen LogP) is 2.48. The molecule has 2 atom stereocenters. The Morgan fingerprint density at radius 2 is 1.84 bits per heavy atom.